The Morgan fingerprint density at radius 2 is 1.81 bits per heavy atom. The van der Waals surface area contributed by atoms with Crippen molar-refractivity contribution in [3.63, 3.8) is 0 Å². The van der Waals surface area contributed by atoms with Crippen LogP contribution in [0.5, 0.6) is 0 Å². The molecule has 0 aliphatic carbocycles. The van der Waals surface area contributed by atoms with Crippen LogP contribution in [0.1, 0.15) is 71.1 Å². The van der Waals surface area contributed by atoms with Crippen molar-refractivity contribution in [2.45, 2.75) is 83.3 Å². The van der Waals surface area contributed by atoms with Gasteiger partial charge in [0, 0.05) is 6.42 Å². The number of allylic oxidation sites excluding steroid dienone is 3. The molecule has 0 saturated heterocycles. The molecule has 1 aliphatic heterocycles. The highest BCUT2D eigenvalue weighted by Gasteiger charge is 2.20. The van der Waals surface area contributed by atoms with Crippen molar-refractivity contribution in [2.24, 2.45) is 0 Å². The molecular weight excluding hydrogens is 264 g/mol. The summed E-state index contributed by atoms with van der Waals surface area (Å²) < 4.78 is 5.40. The highest BCUT2D eigenvalue weighted by atomic mass is 16.6. The summed E-state index contributed by atoms with van der Waals surface area (Å²) in [5.74, 6) is -0.170. The lowest BCUT2D eigenvalue weighted by atomic mass is 10.1. The third-order valence-electron chi connectivity index (χ3n) is 3.85. The first kappa shape index (κ1) is 18.0. The van der Waals surface area contributed by atoms with Gasteiger partial charge in [0.1, 0.15) is 6.10 Å². The van der Waals surface area contributed by atoms with Gasteiger partial charge in [-0.15, -0.1) is 0 Å². The summed E-state index contributed by atoms with van der Waals surface area (Å²) in [6.07, 6.45) is 16.8. The third-order valence-corrected chi connectivity index (χ3v) is 3.85. The van der Waals surface area contributed by atoms with E-state index in [4.69, 9.17) is 4.74 Å². The predicted octanol–water partition coefficient (Wildman–Crippen LogP) is 4.31. The molecule has 21 heavy (non-hydrogen) atoms. The van der Waals surface area contributed by atoms with Crippen LogP contribution in [0.15, 0.2) is 24.3 Å². The lowest BCUT2D eigenvalue weighted by Gasteiger charge is -2.21. The Hall–Kier alpha value is -1.09. The molecular formula is C18H30O3. The van der Waals surface area contributed by atoms with Crippen LogP contribution in [-0.2, 0) is 9.53 Å². The van der Waals surface area contributed by atoms with Crippen LogP contribution >= 0.6 is 0 Å². The number of aliphatic hydroxyl groups excluding tert-OH is 1. The Bertz CT molecular complexity index is 333. The Kier molecular flexibility index (Phi) is 9.88. The number of esters is 1. The lowest BCUT2D eigenvalue weighted by Crippen LogP contribution is -2.30. The molecule has 2 unspecified atom stereocenters. The van der Waals surface area contributed by atoms with Crippen molar-refractivity contribution in [2.75, 3.05) is 0 Å². The van der Waals surface area contributed by atoms with E-state index in [0.717, 1.165) is 25.7 Å². The minimum atomic E-state index is -0.602. The summed E-state index contributed by atoms with van der Waals surface area (Å²) in [6, 6.07) is 0. The Morgan fingerprint density at radius 1 is 1.10 bits per heavy atom. The number of ether oxygens (including phenoxy) is 1. The van der Waals surface area contributed by atoms with E-state index in [1.54, 1.807) is 0 Å². The van der Waals surface area contributed by atoms with Crippen molar-refractivity contribution in [3.8, 4) is 0 Å². The molecule has 0 amide bonds. The molecule has 0 aromatic heterocycles. The maximum atomic E-state index is 11.8. The van der Waals surface area contributed by atoms with Gasteiger partial charge in [-0.2, -0.15) is 0 Å². The smallest absolute Gasteiger partial charge is 0.306 e. The van der Waals surface area contributed by atoms with Crippen LogP contribution in [0.4, 0.5) is 0 Å². The average Bonchev–Trinajstić information content (AvgIpc) is 2.48. The molecule has 0 saturated carbocycles. The molecule has 0 bridgehead atoms. The van der Waals surface area contributed by atoms with E-state index in [1.165, 1.54) is 19.3 Å². The molecule has 1 rings (SSSR count). The fraction of sp³-hybridized carbons (Fsp3) is 0.722. The van der Waals surface area contributed by atoms with Crippen molar-refractivity contribution >= 4 is 5.97 Å². The first-order valence-electron chi connectivity index (χ1n) is 8.41. The summed E-state index contributed by atoms with van der Waals surface area (Å²) in [6.45, 7) is 1.94. The first-order chi connectivity index (χ1) is 10.2. The highest BCUT2D eigenvalue weighted by molar-refractivity contribution is 5.69. The minimum Gasteiger partial charge on any atom is -0.460 e. The fourth-order valence-electron chi connectivity index (χ4n) is 2.50. The van der Waals surface area contributed by atoms with Gasteiger partial charge in [0.05, 0.1) is 6.10 Å². The van der Waals surface area contributed by atoms with E-state index in [-0.39, 0.29) is 12.1 Å². The van der Waals surface area contributed by atoms with E-state index in [9.17, 15) is 9.90 Å². The van der Waals surface area contributed by atoms with Crippen molar-refractivity contribution in [1.29, 1.82) is 0 Å². The molecule has 0 radical (unpaired) electrons. The minimum absolute atomic E-state index is 0.170. The fourth-order valence-corrected chi connectivity index (χ4v) is 2.50. The average molecular weight is 294 g/mol. The van der Waals surface area contributed by atoms with Gasteiger partial charge in [-0.1, -0.05) is 50.5 Å². The molecule has 3 nitrogen and oxygen atoms in total. The standard InChI is InChI=1S/C18H30O3/c1-2-17-16(19)14-12-10-8-6-4-3-5-7-9-11-13-15-18(20)21-17/h4,6,10,12,16-17,19H,2-3,5,7-9,11,13-15H2,1H3. The Balaban J connectivity index is 2.51. The second-order valence-corrected chi connectivity index (χ2v) is 5.72. The summed E-state index contributed by atoms with van der Waals surface area (Å²) in [5.41, 5.74) is 0. The monoisotopic (exact) mass is 294 g/mol. The predicted molar refractivity (Wildman–Crippen MR) is 86.0 cm³/mol. The first-order valence-corrected chi connectivity index (χ1v) is 8.41. The van der Waals surface area contributed by atoms with Gasteiger partial charge in [0.25, 0.3) is 0 Å². The summed E-state index contributed by atoms with van der Waals surface area (Å²) in [4.78, 5) is 11.8. The quantitative estimate of drug-likeness (QED) is 0.579. The highest BCUT2D eigenvalue weighted by Crippen LogP contribution is 2.13. The van der Waals surface area contributed by atoms with Crippen LogP contribution in [0.3, 0.4) is 0 Å². The number of hydrogen-bond donors (Lipinski definition) is 1. The summed E-state index contributed by atoms with van der Waals surface area (Å²) >= 11 is 0. The maximum absolute atomic E-state index is 11.8. The summed E-state index contributed by atoms with van der Waals surface area (Å²) in [7, 11) is 0. The lowest BCUT2D eigenvalue weighted by molar-refractivity contribution is -0.155. The number of aliphatic hydroxyl groups is 1. The second-order valence-electron chi connectivity index (χ2n) is 5.72. The van der Waals surface area contributed by atoms with E-state index < -0.39 is 6.10 Å². The molecule has 0 aromatic rings. The Morgan fingerprint density at radius 3 is 2.62 bits per heavy atom. The van der Waals surface area contributed by atoms with Gasteiger partial charge in [-0.05, 0) is 38.5 Å². The number of cyclic esters (lactones) is 1. The van der Waals surface area contributed by atoms with E-state index in [0.29, 0.717) is 19.3 Å². The topological polar surface area (TPSA) is 46.5 Å². The van der Waals surface area contributed by atoms with Gasteiger partial charge in [0.15, 0.2) is 0 Å². The third kappa shape index (κ3) is 8.71. The Labute approximate surface area is 129 Å². The van der Waals surface area contributed by atoms with Gasteiger partial charge < -0.3 is 9.84 Å². The number of rotatable bonds is 1. The number of carbonyl (C=O) groups excluding carboxylic acids is 1. The van der Waals surface area contributed by atoms with Crippen LogP contribution < -0.4 is 0 Å². The van der Waals surface area contributed by atoms with Crippen LogP contribution in [0.2, 0.25) is 0 Å². The normalized spacial score (nSPS) is 27.0. The molecule has 120 valence electrons. The van der Waals surface area contributed by atoms with Gasteiger partial charge in [-0.3, -0.25) is 4.79 Å². The molecule has 0 aromatic carbocycles. The molecule has 1 heterocycles. The number of carbonyl (C=O) groups is 1. The van der Waals surface area contributed by atoms with Crippen molar-refractivity contribution in [1.82, 2.24) is 0 Å². The largest absolute Gasteiger partial charge is 0.460 e. The zero-order valence-corrected chi connectivity index (χ0v) is 13.3. The van der Waals surface area contributed by atoms with Crippen LogP contribution in [-0.4, -0.2) is 23.3 Å². The summed E-state index contributed by atoms with van der Waals surface area (Å²) in [5, 5.41) is 10.1. The van der Waals surface area contributed by atoms with Gasteiger partial charge >= 0.3 is 5.97 Å². The SMILES string of the molecule is CCC1OC(=O)CCCCCCCC=CCC=CCC1O. The van der Waals surface area contributed by atoms with E-state index >= 15 is 0 Å². The zero-order chi connectivity index (χ0) is 15.3. The molecule has 2 atom stereocenters. The second kappa shape index (κ2) is 11.6. The molecule has 1 aliphatic rings. The maximum Gasteiger partial charge on any atom is 0.306 e. The molecule has 3 heteroatoms. The number of hydrogen-bond acceptors (Lipinski definition) is 3. The zero-order valence-electron chi connectivity index (χ0n) is 13.3. The van der Waals surface area contributed by atoms with Crippen molar-refractivity contribution < 1.29 is 14.6 Å². The van der Waals surface area contributed by atoms with Crippen molar-refractivity contribution in [3.05, 3.63) is 24.3 Å². The van der Waals surface area contributed by atoms with Crippen LogP contribution in [0.25, 0.3) is 0 Å². The molecule has 1 N–H and O–H groups in total. The molecule has 0 spiro atoms. The van der Waals surface area contributed by atoms with E-state index in [1.807, 2.05) is 13.0 Å². The van der Waals surface area contributed by atoms with E-state index in [2.05, 4.69) is 18.2 Å². The van der Waals surface area contributed by atoms with Crippen LogP contribution in [0, 0.1) is 0 Å². The van der Waals surface area contributed by atoms with Gasteiger partial charge in [-0.25, -0.2) is 0 Å². The molecule has 0 fully saturated rings. The van der Waals surface area contributed by atoms with Gasteiger partial charge in [0.2, 0.25) is 0 Å².